The largest absolute Gasteiger partial charge is 0.508 e. The van der Waals surface area contributed by atoms with Crippen molar-refractivity contribution in [3.05, 3.63) is 23.8 Å². The Morgan fingerprint density at radius 3 is 3.00 bits per heavy atom. The first-order valence-corrected chi connectivity index (χ1v) is 4.59. The second-order valence-corrected chi connectivity index (χ2v) is 3.46. The minimum Gasteiger partial charge on any atom is -0.508 e. The molecule has 0 aliphatic carbocycles. The van der Waals surface area contributed by atoms with Gasteiger partial charge in [0.25, 0.3) is 0 Å². The fourth-order valence-electron chi connectivity index (χ4n) is 1.81. The highest BCUT2D eigenvalue weighted by atomic mass is 16.3. The third-order valence-electron chi connectivity index (χ3n) is 2.51. The molecule has 1 atom stereocenters. The lowest BCUT2D eigenvalue weighted by atomic mass is 10.0. The standard InChI is InChI=1S/C10H14N2O/c11-9-4-3-7(13)6-8(9)10-2-1-5-12-10/h3-4,6,10,12-13H,1-2,5,11H2/t10-/m0/s1. The lowest BCUT2D eigenvalue weighted by Gasteiger charge is -2.13. The maximum absolute atomic E-state index is 9.31. The molecule has 1 aliphatic rings. The van der Waals surface area contributed by atoms with Crippen molar-refractivity contribution in [3.8, 4) is 5.75 Å². The molecule has 1 saturated heterocycles. The molecule has 3 heteroatoms. The van der Waals surface area contributed by atoms with Crippen molar-refractivity contribution in [2.45, 2.75) is 18.9 Å². The summed E-state index contributed by atoms with van der Waals surface area (Å²) in [5, 5.41) is 12.7. The average molecular weight is 178 g/mol. The van der Waals surface area contributed by atoms with Crippen molar-refractivity contribution in [2.75, 3.05) is 12.3 Å². The summed E-state index contributed by atoms with van der Waals surface area (Å²) in [7, 11) is 0. The Hall–Kier alpha value is -1.22. The van der Waals surface area contributed by atoms with Crippen molar-refractivity contribution < 1.29 is 5.11 Å². The van der Waals surface area contributed by atoms with Gasteiger partial charge in [-0.3, -0.25) is 0 Å². The van der Waals surface area contributed by atoms with E-state index in [1.54, 1.807) is 18.2 Å². The van der Waals surface area contributed by atoms with Crippen LogP contribution in [0.3, 0.4) is 0 Å². The molecule has 0 bridgehead atoms. The summed E-state index contributed by atoms with van der Waals surface area (Å²) in [6.07, 6.45) is 2.29. The predicted octanol–water partition coefficient (Wildman–Crippen LogP) is 1.40. The normalized spacial score (nSPS) is 22.0. The fraction of sp³-hybridized carbons (Fsp3) is 0.400. The summed E-state index contributed by atoms with van der Waals surface area (Å²) < 4.78 is 0. The molecule has 0 amide bonds. The number of anilines is 1. The molecule has 0 unspecified atom stereocenters. The number of hydrogen-bond acceptors (Lipinski definition) is 3. The molecule has 4 N–H and O–H groups in total. The van der Waals surface area contributed by atoms with E-state index in [0.717, 1.165) is 24.2 Å². The maximum atomic E-state index is 9.31. The minimum atomic E-state index is 0.290. The van der Waals surface area contributed by atoms with Gasteiger partial charge in [-0.05, 0) is 43.1 Å². The molecule has 1 aromatic carbocycles. The lowest BCUT2D eigenvalue weighted by molar-refractivity contribution is 0.473. The van der Waals surface area contributed by atoms with Crippen molar-refractivity contribution in [3.63, 3.8) is 0 Å². The molecule has 0 radical (unpaired) electrons. The first kappa shape index (κ1) is 8.38. The second-order valence-electron chi connectivity index (χ2n) is 3.46. The summed E-state index contributed by atoms with van der Waals surface area (Å²) in [6.45, 7) is 1.04. The molecule has 1 heterocycles. The van der Waals surface area contributed by atoms with Gasteiger partial charge in [0.05, 0.1) is 0 Å². The monoisotopic (exact) mass is 178 g/mol. The summed E-state index contributed by atoms with van der Waals surface area (Å²) in [5.74, 6) is 0.290. The summed E-state index contributed by atoms with van der Waals surface area (Å²) in [5.41, 5.74) is 7.60. The number of hydrogen-bond donors (Lipinski definition) is 3. The van der Waals surface area contributed by atoms with Crippen LogP contribution in [0, 0.1) is 0 Å². The highest BCUT2D eigenvalue weighted by Crippen LogP contribution is 2.29. The zero-order valence-electron chi connectivity index (χ0n) is 7.46. The van der Waals surface area contributed by atoms with Gasteiger partial charge in [-0.1, -0.05) is 0 Å². The minimum absolute atomic E-state index is 0.290. The molecule has 1 fully saturated rings. The van der Waals surface area contributed by atoms with E-state index in [2.05, 4.69) is 5.32 Å². The number of phenolic OH excluding ortho intramolecular Hbond substituents is 1. The van der Waals surface area contributed by atoms with Crippen LogP contribution in [-0.2, 0) is 0 Å². The van der Waals surface area contributed by atoms with Crippen LogP contribution in [0.15, 0.2) is 18.2 Å². The molecule has 3 nitrogen and oxygen atoms in total. The summed E-state index contributed by atoms with van der Waals surface area (Å²) in [6, 6.07) is 5.45. The van der Waals surface area contributed by atoms with Crippen LogP contribution in [0.25, 0.3) is 0 Å². The lowest BCUT2D eigenvalue weighted by Crippen LogP contribution is -2.14. The van der Waals surface area contributed by atoms with Gasteiger partial charge >= 0.3 is 0 Å². The van der Waals surface area contributed by atoms with Gasteiger partial charge < -0.3 is 16.2 Å². The average Bonchev–Trinajstić information content (AvgIpc) is 2.61. The van der Waals surface area contributed by atoms with Crippen LogP contribution < -0.4 is 11.1 Å². The third kappa shape index (κ3) is 1.60. The Labute approximate surface area is 77.6 Å². The summed E-state index contributed by atoms with van der Waals surface area (Å²) >= 11 is 0. The smallest absolute Gasteiger partial charge is 0.116 e. The topological polar surface area (TPSA) is 58.3 Å². The Kier molecular flexibility index (Phi) is 2.10. The van der Waals surface area contributed by atoms with Gasteiger partial charge in [0.1, 0.15) is 5.75 Å². The van der Waals surface area contributed by atoms with Crippen LogP contribution in [0.1, 0.15) is 24.4 Å². The fourth-order valence-corrected chi connectivity index (χ4v) is 1.81. The van der Waals surface area contributed by atoms with E-state index in [-0.39, 0.29) is 5.75 Å². The zero-order chi connectivity index (χ0) is 9.26. The van der Waals surface area contributed by atoms with Crippen LogP contribution >= 0.6 is 0 Å². The number of nitrogens with two attached hydrogens (primary N) is 1. The number of phenols is 1. The van der Waals surface area contributed by atoms with Crippen LogP contribution in [-0.4, -0.2) is 11.7 Å². The Morgan fingerprint density at radius 2 is 2.31 bits per heavy atom. The van der Waals surface area contributed by atoms with Gasteiger partial charge in [-0.25, -0.2) is 0 Å². The molecule has 0 aromatic heterocycles. The van der Waals surface area contributed by atoms with E-state index >= 15 is 0 Å². The second kappa shape index (κ2) is 3.26. The van der Waals surface area contributed by atoms with Crippen molar-refractivity contribution in [2.24, 2.45) is 0 Å². The SMILES string of the molecule is Nc1ccc(O)cc1[C@@H]1CCCN1. The zero-order valence-corrected chi connectivity index (χ0v) is 7.46. The van der Waals surface area contributed by atoms with E-state index < -0.39 is 0 Å². The highest BCUT2D eigenvalue weighted by Gasteiger charge is 2.18. The van der Waals surface area contributed by atoms with Crippen LogP contribution in [0.5, 0.6) is 5.75 Å². The molecule has 70 valence electrons. The van der Waals surface area contributed by atoms with E-state index in [0.29, 0.717) is 6.04 Å². The molecule has 2 rings (SSSR count). The molecular weight excluding hydrogens is 164 g/mol. The first-order chi connectivity index (χ1) is 6.27. The van der Waals surface area contributed by atoms with Crippen molar-refractivity contribution >= 4 is 5.69 Å². The third-order valence-corrected chi connectivity index (χ3v) is 2.51. The van der Waals surface area contributed by atoms with Gasteiger partial charge in [0, 0.05) is 11.7 Å². The van der Waals surface area contributed by atoms with Crippen molar-refractivity contribution in [1.29, 1.82) is 0 Å². The molecular formula is C10H14N2O. The predicted molar refractivity (Wildman–Crippen MR) is 52.5 cm³/mol. The van der Waals surface area contributed by atoms with E-state index in [1.807, 2.05) is 0 Å². The number of benzene rings is 1. The Morgan fingerprint density at radius 1 is 1.46 bits per heavy atom. The van der Waals surface area contributed by atoms with Crippen LogP contribution in [0.4, 0.5) is 5.69 Å². The van der Waals surface area contributed by atoms with Gasteiger partial charge in [0.2, 0.25) is 0 Å². The summed E-state index contributed by atoms with van der Waals surface area (Å²) in [4.78, 5) is 0. The van der Waals surface area contributed by atoms with Crippen molar-refractivity contribution in [1.82, 2.24) is 5.32 Å². The molecule has 1 aliphatic heterocycles. The number of aromatic hydroxyl groups is 1. The van der Waals surface area contributed by atoms with Gasteiger partial charge in [0.15, 0.2) is 0 Å². The molecule has 0 saturated carbocycles. The number of nitrogens with one attached hydrogen (secondary N) is 1. The van der Waals surface area contributed by atoms with E-state index in [1.165, 1.54) is 6.42 Å². The Balaban J connectivity index is 2.32. The van der Waals surface area contributed by atoms with Gasteiger partial charge in [-0.2, -0.15) is 0 Å². The number of rotatable bonds is 1. The van der Waals surface area contributed by atoms with E-state index in [9.17, 15) is 5.11 Å². The maximum Gasteiger partial charge on any atom is 0.116 e. The quantitative estimate of drug-likeness (QED) is 0.450. The Bertz CT molecular complexity index is 306. The van der Waals surface area contributed by atoms with E-state index in [4.69, 9.17) is 5.73 Å². The van der Waals surface area contributed by atoms with Crippen LogP contribution in [0.2, 0.25) is 0 Å². The molecule has 13 heavy (non-hydrogen) atoms. The molecule has 1 aromatic rings. The number of nitrogen functional groups attached to an aromatic ring is 1. The molecule has 0 spiro atoms. The van der Waals surface area contributed by atoms with Gasteiger partial charge in [-0.15, -0.1) is 0 Å². The first-order valence-electron chi connectivity index (χ1n) is 4.59. The highest BCUT2D eigenvalue weighted by molar-refractivity contribution is 5.51.